The number of hydrogen-bond donors (Lipinski definition) is 2. The molecule has 0 saturated heterocycles. The van der Waals surface area contributed by atoms with Crippen LogP contribution in [0.4, 0.5) is 5.69 Å². The Labute approximate surface area is 159 Å². The van der Waals surface area contributed by atoms with Gasteiger partial charge in [-0.1, -0.05) is 26.8 Å². The molecule has 0 aliphatic rings. The number of rotatable bonds is 6. The second kappa shape index (κ2) is 7.48. The second-order valence-electron chi connectivity index (χ2n) is 6.94. The number of carboxylic acid groups (broad SMARTS) is 1. The van der Waals surface area contributed by atoms with Crippen molar-refractivity contribution in [1.82, 2.24) is 0 Å². The summed E-state index contributed by atoms with van der Waals surface area (Å²) >= 11 is 0. The lowest BCUT2D eigenvalue weighted by atomic mass is 9.87. The van der Waals surface area contributed by atoms with Gasteiger partial charge in [0.25, 0.3) is 10.0 Å². The van der Waals surface area contributed by atoms with Crippen molar-refractivity contribution in [3.63, 3.8) is 0 Å². The lowest BCUT2D eigenvalue weighted by molar-refractivity contribution is 0.0696. The Morgan fingerprint density at radius 1 is 1.00 bits per heavy atom. The van der Waals surface area contributed by atoms with Crippen molar-refractivity contribution in [3.8, 4) is 11.5 Å². The number of methoxy groups -OCH3 is 2. The number of hydrogen-bond acceptors (Lipinski definition) is 5. The second-order valence-corrected chi connectivity index (χ2v) is 8.59. The van der Waals surface area contributed by atoms with Gasteiger partial charge in [0.2, 0.25) is 0 Å². The summed E-state index contributed by atoms with van der Waals surface area (Å²) in [5.41, 5.74) is 0.805. The number of sulfonamides is 1. The van der Waals surface area contributed by atoms with E-state index in [0.717, 1.165) is 11.6 Å². The highest BCUT2D eigenvalue weighted by molar-refractivity contribution is 7.92. The fourth-order valence-corrected chi connectivity index (χ4v) is 3.73. The molecule has 0 bridgehead atoms. The number of carbonyl (C=O) groups is 1. The first-order valence-corrected chi connectivity index (χ1v) is 9.60. The molecule has 0 aliphatic carbocycles. The van der Waals surface area contributed by atoms with Crippen molar-refractivity contribution in [2.24, 2.45) is 0 Å². The fraction of sp³-hybridized carbons (Fsp3) is 0.316. The minimum Gasteiger partial charge on any atom is -0.495 e. The first kappa shape index (κ1) is 20.6. The molecule has 0 radical (unpaired) electrons. The molecule has 0 unspecified atom stereocenters. The zero-order valence-electron chi connectivity index (χ0n) is 15.9. The quantitative estimate of drug-likeness (QED) is 0.779. The molecule has 0 aromatic heterocycles. The van der Waals surface area contributed by atoms with Gasteiger partial charge in [-0.25, -0.2) is 13.2 Å². The van der Waals surface area contributed by atoms with E-state index in [4.69, 9.17) is 14.6 Å². The van der Waals surface area contributed by atoms with Crippen LogP contribution in [0.5, 0.6) is 11.5 Å². The van der Waals surface area contributed by atoms with Crippen molar-refractivity contribution in [1.29, 1.82) is 0 Å². The van der Waals surface area contributed by atoms with Gasteiger partial charge >= 0.3 is 5.97 Å². The van der Waals surface area contributed by atoms with Crippen molar-refractivity contribution >= 4 is 21.7 Å². The highest BCUT2D eigenvalue weighted by atomic mass is 32.2. The number of carboxylic acids is 1. The molecule has 0 fully saturated rings. The molecule has 2 aromatic carbocycles. The number of anilines is 1. The van der Waals surface area contributed by atoms with Crippen LogP contribution >= 0.6 is 0 Å². The van der Waals surface area contributed by atoms with Crippen LogP contribution in [-0.2, 0) is 15.4 Å². The monoisotopic (exact) mass is 393 g/mol. The molecule has 146 valence electrons. The predicted octanol–water partition coefficient (Wildman–Crippen LogP) is 3.50. The van der Waals surface area contributed by atoms with Crippen LogP contribution in [0.25, 0.3) is 0 Å². The van der Waals surface area contributed by atoms with Crippen LogP contribution < -0.4 is 14.2 Å². The molecule has 0 heterocycles. The Kier molecular flexibility index (Phi) is 5.70. The van der Waals surface area contributed by atoms with Gasteiger partial charge in [-0.15, -0.1) is 0 Å². The zero-order chi connectivity index (χ0) is 20.4. The van der Waals surface area contributed by atoms with E-state index < -0.39 is 16.0 Å². The third-order valence-electron chi connectivity index (χ3n) is 4.01. The maximum Gasteiger partial charge on any atom is 0.335 e. The summed E-state index contributed by atoms with van der Waals surface area (Å²) in [7, 11) is -1.37. The van der Waals surface area contributed by atoms with E-state index in [1.54, 1.807) is 12.1 Å². The fourth-order valence-electron chi connectivity index (χ4n) is 2.47. The van der Waals surface area contributed by atoms with Crippen LogP contribution in [0.3, 0.4) is 0 Å². The topological polar surface area (TPSA) is 102 Å². The molecule has 8 heteroatoms. The van der Waals surface area contributed by atoms with Crippen LogP contribution in [0.1, 0.15) is 36.7 Å². The Morgan fingerprint density at radius 2 is 1.59 bits per heavy atom. The normalized spacial score (nSPS) is 11.7. The number of aromatic carboxylic acids is 1. The minimum absolute atomic E-state index is 0.0402. The van der Waals surface area contributed by atoms with Crippen molar-refractivity contribution in [3.05, 3.63) is 47.5 Å². The standard InChI is InChI=1S/C19H23NO6S/c1-19(2,3)13-7-9-15(25-4)14(11-13)20-27(23,24)17-10-12(18(21)22)6-8-16(17)26-5/h6-11,20H,1-5H3,(H,21,22). The van der Waals surface area contributed by atoms with Gasteiger partial charge in [0.1, 0.15) is 16.4 Å². The summed E-state index contributed by atoms with van der Waals surface area (Å²) in [6.07, 6.45) is 0. The highest BCUT2D eigenvalue weighted by Crippen LogP contribution is 2.34. The van der Waals surface area contributed by atoms with Crippen LogP contribution in [-0.4, -0.2) is 33.7 Å². The lowest BCUT2D eigenvalue weighted by Crippen LogP contribution is -2.17. The third-order valence-corrected chi connectivity index (χ3v) is 5.40. The van der Waals surface area contributed by atoms with Crippen LogP contribution in [0.15, 0.2) is 41.3 Å². The van der Waals surface area contributed by atoms with Crippen LogP contribution in [0.2, 0.25) is 0 Å². The summed E-state index contributed by atoms with van der Waals surface area (Å²) in [6, 6.07) is 8.89. The van der Waals surface area contributed by atoms with Crippen molar-refractivity contribution in [2.45, 2.75) is 31.1 Å². The third kappa shape index (κ3) is 4.51. The van der Waals surface area contributed by atoms with E-state index in [0.29, 0.717) is 5.75 Å². The summed E-state index contributed by atoms with van der Waals surface area (Å²) in [6.45, 7) is 6.02. The SMILES string of the molecule is COc1ccc(C(C)(C)C)cc1NS(=O)(=O)c1cc(C(=O)O)ccc1OC. The number of benzene rings is 2. The van der Waals surface area contributed by atoms with E-state index in [1.165, 1.54) is 26.4 Å². The van der Waals surface area contributed by atoms with Crippen LogP contribution in [0, 0.1) is 0 Å². The molecule has 0 saturated carbocycles. The molecule has 7 nitrogen and oxygen atoms in total. The molecule has 0 aliphatic heterocycles. The maximum atomic E-state index is 12.9. The molecule has 0 atom stereocenters. The Morgan fingerprint density at radius 3 is 2.11 bits per heavy atom. The van der Waals surface area contributed by atoms with E-state index in [-0.39, 0.29) is 27.3 Å². The van der Waals surface area contributed by atoms with E-state index in [1.807, 2.05) is 26.8 Å². The summed E-state index contributed by atoms with van der Waals surface area (Å²) < 4.78 is 38.7. The Balaban J connectivity index is 2.57. The summed E-state index contributed by atoms with van der Waals surface area (Å²) in [5, 5.41) is 9.16. The molecule has 0 amide bonds. The minimum atomic E-state index is -4.13. The van der Waals surface area contributed by atoms with Gasteiger partial charge < -0.3 is 14.6 Å². The smallest absolute Gasteiger partial charge is 0.335 e. The first-order valence-electron chi connectivity index (χ1n) is 8.12. The highest BCUT2D eigenvalue weighted by Gasteiger charge is 2.24. The predicted molar refractivity (Wildman–Crippen MR) is 102 cm³/mol. The van der Waals surface area contributed by atoms with Gasteiger partial charge in [-0.2, -0.15) is 0 Å². The molecular formula is C19H23NO6S. The van der Waals surface area contributed by atoms with Crippen molar-refractivity contribution < 1.29 is 27.8 Å². The van der Waals surface area contributed by atoms with Crippen molar-refractivity contribution in [2.75, 3.05) is 18.9 Å². The van der Waals surface area contributed by atoms with Gasteiger partial charge in [-0.05, 0) is 41.3 Å². The molecule has 2 N–H and O–H groups in total. The molecular weight excluding hydrogens is 370 g/mol. The van der Waals surface area contributed by atoms with Gasteiger partial charge in [0.15, 0.2) is 0 Å². The summed E-state index contributed by atoms with van der Waals surface area (Å²) in [4.78, 5) is 10.9. The molecule has 2 aromatic rings. The van der Waals surface area contributed by atoms with E-state index in [2.05, 4.69) is 4.72 Å². The van der Waals surface area contributed by atoms with E-state index in [9.17, 15) is 13.2 Å². The number of ether oxygens (including phenoxy) is 2. The average molecular weight is 393 g/mol. The first-order chi connectivity index (χ1) is 12.5. The molecule has 27 heavy (non-hydrogen) atoms. The zero-order valence-corrected chi connectivity index (χ0v) is 16.7. The van der Waals surface area contributed by atoms with E-state index >= 15 is 0 Å². The van der Waals surface area contributed by atoms with Gasteiger partial charge in [0, 0.05) is 0 Å². The average Bonchev–Trinajstić information content (AvgIpc) is 2.59. The molecule has 0 spiro atoms. The summed E-state index contributed by atoms with van der Waals surface area (Å²) in [5.74, 6) is -0.847. The number of nitrogens with one attached hydrogen (secondary N) is 1. The Bertz CT molecular complexity index is 961. The Hall–Kier alpha value is -2.74. The van der Waals surface area contributed by atoms with Gasteiger partial charge in [0.05, 0.1) is 25.5 Å². The van der Waals surface area contributed by atoms with Gasteiger partial charge in [-0.3, -0.25) is 4.72 Å². The lowest BCUT2D eigenvalue weighted by Gasteiger charge is -2.21. The largest absolute Gasteiger partial charge is 0.495 e. The maximum absolute atomic E-state index is 12.9. The molecule has 2 rings (SSSR count).